The van der Waals surface area contributed by atoms with E-state index in [4.69, 9.17) is 9.47 Å². The van der Waals surface area contributed by atoms with Gasteiger partial charge in [0.05, 0.1) is 25.5 Å². The van der Waals surface area contributed by atoms with Crippen LogP contribution in [0.15, 0.2) is 36.5 Å². The van der Waals surface area contributed by atoms with Crippen LogP contribution in [0.5, 0.6) is 11.5 Å². The molecular formula is C18H23N3O3. The van der Waals surface area contributed by atoms with Crippen LogP contribution in [0.2, 0.25) is 0 Å². The summed E-state index contributed by atoms with van der Waals surface area (Å²) in [6.07, 6.45) is 1.55. The van der Waals surface area contributed by atoms with Crippen LogP contribution in [0.3, 0.4) is 0 Å². The maximum absolute atomic E-state index is 12.4. The molecular weight excluding hydrogens is 306 g/mol. The summed E-state index contributed by atoms with van der Waals surface area (Å²) in [7, 11) is 3.12. The molecule has 0 bridgehead atoms. The van der Waals surface area contributed by atoms with Crippen molar-refractivity contribution in [3.8, 4) is 11.5 Å². The van der Waals surface area contributed by atoms with Gasteiger partial charge in [-0.05, 0) is 30.2 Å². The molecule has 0 aliphatic heterocycles. The van der Waals surface area contributed by atoms with Crippen LogP contribution in [0, 0.1) is 5.92 Å². The van der Waals surface area contributed by atoms with E-state index in [1.807, 2.05) is 0 Å². The number of anilines is 2. The molecule has 24 heavy (non-hydrogen) atoms. The molecule has 0 unspecified atom stereocenters. The molecule has 0 aliphatic carbocycles. The van der Waals surface area contributed by atoms with Crippen LogP contribution in [0.4, 0.5) is 11.5 Å². The van der Waals surface area contributed by atoms with Gasteiger partial charge < -0.3 is 20.1 Å². The number of hydrogen-bond donors (Lipinski definition) is 2. The van der Waals surface area contributed by atoms with Gasteiger partial charge in [-0.2, -0.15) is 0 Å². The number of rotatable bonds is 7. The Morgan fingerprint density at radius 2 is 1.96 bits per heavy atom. The van der Waals surface area contributed by atoms with Gasteiger partial charge in [0, 0.05) is 18.8 Å². The molecule has 0 atom stereocenters. The van der Waals surface area contributed by atoms with E-state index in [1.165, 1.54) is 0 Å². The Morgan fingerprint density at radius 1 is 1.17 bits per heavy atom. The lowest BCUT2D eigenvalue weighted by atomic mass is 10.2. The van der Waals surface area contributed by atoms with E-state index >= 15 is 0 Å². The first-order valence-corrected chi connectivity index (χ1v) is 7.76. The normalized spacial score (nSPS) is 10.4. The summed E-state index contributed by atoms with van der Waals surface area (Å²) in [6, 6.07) is 8.75. The van der Waals surface area contributed by atoms with E-state index in [0.29, 0.717) is 28.7 Å². The molecule has 0 saturated heterocycles. The molecule has 1 heterocycles. The van der Waals surface area contributed by atoms with Crippen molar-refractivity contribution in [2.75, 3.05) is 31.4 Å². The second-order valence-electron chi connectivity index (χ2n) is 5.73. The molecule has 6 heteroatoms. The molecule has 128 valence electrons. The minimum Gasteiger partial charge on any atom is -0.497 e. The van der Waals surface area contributed by atoms with E-state index in [1.54, 1.807) is 50.7 Å². The third-order valence-electron chi connectivity index (χ3n) is 3.37. The van der Waals surface area contributed by atoms with Gasteiger partial charge in [-0.1, -0.05) is 13.8 Å². The predicted octanol–water partition coefficient (Wildman–Crippen LogP) is 3.42. The van der Waals surface area contributed by atoms with Crippen molar-refractivity contribution >= 4 is 17.4 Å². The molecule has 1 amide bonds. The standard InChI is InChI=1S/C18H23N3O3/c1-12(2)10-19-17-8-5-13(11-20-17)18(22)21-15-9-14(23-3)6-7-16(15)24-4/h5-9,11-12H,10H2,1-4H3,(H,19,20)(H,21,22). The summed E-state index contributed by atoms with van der Waals surface area (Å²) in [5.74, 6) is 2.21. The second kappa shape index (κ2) is 8.19. The quantitative estimate of drug-likeness (QED) is 0.814. The Morgan fingerprint density at radius 3 is 2.54 bits per heavy atom. The first kappa shape index (κ1) is 17.6. The van der Waals surface area contributed by atoms with Crippen molar-refractivity contribution in [2.45, 2.75) is 13.8 Å². The van der Waals surface area contributed by atoms with Crippen LogP contribution in [-0.2, 0) is 0 Å². The van der Waals surface area contributed by atoms with Crippen molar-refractivity contribution in [3.05, 3.63) is 42.1 Å². The first-order valence-electron chi connectivity index (χ1n) is 7.76. The topological polar surface area (TPSA) is 72.5 Å². The summed E-state index contributed by atoms with van der Waals surface area (Å²) in [5, 5.41) is 6.03. The zero-order valence-corrected chi connectivity index (χ0v) is 14.4. The van der Waals surface area contributed by atoms with E-state index in [0.717, 1.165) is 12.4 Å². The third kappa shape index (κ3) is 4.62. The van der Waals surface area contributed by atoms with E-state index in [9.17, 15) is 4.79 Å². The van der Waals surface area contributed by atoms with Gasteiger partial charge in [0.25, 0.3) is 5.91 Å². The van der Waals surface area contributed by atoms with Crippen LogP contribution < -0.4 is 20.1 Å². The van der Waals surface area contributed by atoms with Gasteiger partial charge in [-0.25, -0.2) is 4.98 Å². The third-order valence-corrected chi connectivity index (χ3v) is 3.37. The largest absolute Gasteiger partial charge is 0.497 e. The highest BCUT2D eigenvalue weighted by Crippen LogP contribution is 2.29. The number of benzene rings is 1. The average molecular weight is 329 g/mol. The van der Waals surface area contributed by atoms with Crippen molar-refractivity contribution in [1.29, 1.82) is 0 Å². The Balaban J connectivity index is 2.09. The van der Waals surface area contributed by atoms with E-state index < -0.39 is 0 Å². The van der Waals surface area contributed by atoms with Crippen LogP contribution >= 0.6 is 0 Å². The zero-order chi connectivity index (χ0) is 17.5. The number of ether oxygens (including phenoxy) is 2. The number of carbonyl (C=O) groups excluding carboxylic acids is 1. The van der Waals surface area contributed by atoms with Crippen molar-refractivity contribution < 1.29 is 14.3 Å². The maximum Gasteiger partial charge on any atom is 0.257 e. The monoisotopic (exact) mass is 329 g/mol. The summed E-state index contributed by atoms with van der Waals surface area (Å²) < 4.78 is 10.4. The molecule has 2 aromatic rings. The Labute approximate surface area is 142 Å². The van der Waals surface area contributed by atoms with Gasteiger partial charge in [-0.3, -0.25) is 4.79 Å². The average Bonchev–Trinajstić information content (AvgIpc) is 2.60. The molecule has 6 nitrogen and oxygen atoms in total. The van der Waals surface area contributed by atoms with Gasteiger partial charge >= 0.3 is 0 Å². The fourth-order valence-corrected chi connectivity index (χ4v) is 2.05. The van der Waals surface area contributed by atoms with Crippen molar-refractivity contribution in [3.63, 3.8) is 0 Å². The van der Waals surface area contributed by atoms with Gasteiger partial charge in [0.2, 0.25) is 0 Å². The SMILES string of the molecule is COc1ccc(OC)c(NC(=O)c2ccc(NCC(C)C)nc2)c1. The van der Waals surface area contributed by atoms with Crippen molar-refractivity contribution in [1.82, 2.24) is 4.98 Å². The fraction of sp³-hybridized carbons (Fsp3) is 0.333. The molecule has 0 fully saturated rings. The smallest absolute Gasteiger partial charge is 0.257 e. The molecule has 2 rings (SSSR count). The molecule has 1 aromatic carbocycles. The maximum atomic E-state index is 12.4. The highest BCUT2D eigenvalue weighted by atomic mass is 16.5. The fourth-order valence-electron chi connectivity index (χ4n) is 2.05. The Kier molecular flexibility index (Phi) is 6.01. The summed E-state index contributed by atoms with van der Waals surface area (Å²) >= 11 is 0. The number of nitrogens with zero attached hydrogens (tertiary/aromatic N) is 1. The minimum absolute atomic E-state index is 0.260. The number of carbonyl (C=O) groups is 1. The summed E-state index contributed by atoms with van der Waals surface area (Å²) in [6.45, 7) is 5.08. The molecule has 2 N–H and O–H groups in total. The molecule has 0 spiro atoms. The Bertz CT molecular complexity index is 684. The number of aromatic nitrogens is 1. The Hall–Kier alpha value is -2.76. The van der Waals surface area contributed by atoms with Gasteiger partial charge in [0.1, 0.15) is 17.3 Å². The van der Waals surface area contributed by atoms with E-state index in [2.05, 4.69) is 29.5 Å². The summed E-state index contributed by atoms with van der Waals surface area (Å²) in [4.78, 5) is 16.7. The highest BCUT2D eigenvalue weighted by Gasteiger charge is 2.11. The molecule has 1 aromatic heterocycles. The van der Waals surface area contributed by atoms with Crippen LogP contribution in [0.1, 0.15) is 24.2 Å². The van der Waals surface area contributed by atoms with Gasteiger partial charge in [0.15, 0.2) is 0 Å². The van der Waals surface area contributed by atoms with Gasteiger partial charge in [-0.15, -0.1) is 0 Å². The van der Waals surface area contributed by atoms with Crippen molar-refractivity contribution in [2.24, 2.45) is 5.92 Å². The predicted molar refractivity (Wildman–Crippen MR) is 95.1 cm³/mol. The number of amides is 1. The highest BCUT2D eigenvalue weighted by molar-refractivity contribution is 6.05. The lowest BCUT2D eigenvalue weighted by Gasteiger charge is -2.12. The lowest BCUT2D eigenvalue weighted by molar-refractivity contribution is 0.102. The number of pyridine rings is 1. The second-order valence-corrected chi connectivity index (χ2v) is 5.73. The first-order chi connectivity index (χ1) is 11.5. The number of methoxy groups -OCH3 is 2. The van der Waals surface area contributed by atoms with E-state index in [-0.39, 0.29) is 5.91 Å². The summed E-state index contributed by atoms with van der Waals surface area (Å²) in [5.41, 5.74) is 1.01. The molecule has 0 saturated carbocycles. The number of nitrogens with one attached hydrogen (secondary N) is 2. The molecule has 0 aliphatic rings. The van der Waals surface area contributed by atoms with Crippen LogP contribution in [-0.4, -0.2) is 31.7 Å². The molecule has 0 radical (unpaired) electrons. The zero-order valence-electron chi connectivity index (χ0n) is 14.4. The minimum atomic E-state index is -0.260. The lowest BCUT2D eigenvalue weighted by Crippen LogP contribution is -2.14. The number of hydrogen-bond acceptors (Lipinski definition) is 5. The van der Waals surface area contributed by atoms with Crippen LogP contribution in [0.25, 0.3) is 0 Å².